The van der Waals surface area contributed by atoms with Crippen LogP contribution in [0.25, 0.3) is 22.5 Å². The molecule has 1 aromatic heterocycles. The number of β-amino-alcohol motifs (C(OH)–C–C–N with tert-alkyl or cyclic N) is 1. The number of carbonyl (C=O) groups excluding carboxylic acids is 2. The molecule has 0 spiro atoms. The van der Waals surface area contributed by atoms with Crippen LogP contribution in [0.4, 0.5) is 5.69 Å². The highest BCUT2D eigenvalue weighted by molar-refractivity contribution is 5.92. The molecule has 10 heteroatoms. The van der Waals surface area contributed by atoms with Crippen molar-refractivity contribution in [2.24, 2.45) is 0 Å². The number of nitrogens with zero attached hydrogens (tertiary/aromatic N) is 3. The number of benzene rings is 3. The molecule has 10 nitrogen and oxygen atoms in total. The van der Waals surface area contributed by atoms with E-state index in [1.54, 1.807) is 6.92 Å². The summed E-state index contributed by atoms with van der Waals surface area (Å²) in [6, 6.07) is 23.7. The van der Waals surface area contributed by atoms with Crippen LogP contribution < -0.4 is 16.0 Å². The first-order valence-corrected chi connectivity index (χ1v) is 14.2. The van der Waals surface area contributed by atoms with Crippen molar-refractivity contribution in [1.29, 1.82) is 0 Å². The van der Waals surface area contributed by atoms with Crippen molar-refractivity contribution < 1.29 is 14.7 Å². The molecule has 3 aromatic carbocycles. The van der Waals surface area contributed by atoms with Crippen molar-refractivity contribution in [1.82, 2.24) is 31.3 Å². The van der Waals surface area contributed by atoms with E-state index >= 15 is 0 Å². The van der Waals surface area contributed by atoms with E-state index in [1.807, 2.05) is 86.6 Å². The monoisotopic (exact) mass is 569 g/mol. The molecule has 1 atom stereocenters. The number of nitrogens with one attached hydrogen (secondary N) is 4. The van der Waals surface area contributed by atoms with Gasteiger partial charge >= 0.3 is 0 Å². The minimum Gasteiger partial charge on any atom is -0.392 e. The SMILES string of the molecule is C[C@@H](O)CNC(C)(C)CC(=O)Nc1ccccc1CCCC(=O)NCc1ccc(-c2ccccc2-c2nnn[nH]2)cc1. The molecular formula is C32H39N7O3. The van der Waals surface area contributed by atoms with Gasteiger partial charge in [-0.05, 0) is 72.4 Å². The predicted octanol–water partition coefficient (Wildman–Crippen LogP) is 4.25. The maximum absolute atomic E-state index is 12.7. The largest absolute Gasteiger partial charge is 0.392 e. The highest BCUT2D eigenvalue weighted by atomic mass is 16.3. The number of rotatable bonds is 14. The molecule has 0 saturated heterocycles. The molecule has 0 unspecified atom stereocenters. The average molecular weight is 570 g/mol. The van der Waals surface area contributed by atoms with Crippen LogP contribution in [0.1, 0.15) is 51.2 Å². The number of aliphatic hydroxyl groups excluding tert-OH is 1. The van der Waals surface area contributed by atoms with Crippen molar-refractivity contribution in [2.45, 2.75) is 64.6 Å². The summed E-state index contributed by atoms with van der Waals surface area (Å²) in [7, 11) is 0. The van der Waals surface area contributed by atoms with Gasteiger partial charge in [-0.1, -0.05) is 66.7 Å². The van der Waals surface area contributed by atoms with Crippen LogP contribution in [0.5, 0.6) is 0 Å². The summed E-state index contributed by atoms with van der Waals surface area (Å²) in [6.45, 7) is 6.44. The highest BCUT2D eigenvalue weighted by Gasteiger charge is 2.22. The zero-order valence-electron chi connectivity index (χ0n) is 24.4. The van der Waals surface area contributed by atoms with Crippen LogP contribution >= 0.6 is 0 Å². The first-order chi connectivity index (χ1) is 20.2. The predicted molar refractivity (Wildman–Crippen MR) is 163 cm³/mol. The lowest BCUT2D eigenvalue weighted by atomic mass is 9.98. The molecule has 0 aliphatic carbocycles. The van der Waals surface area contributed by atoms with Gasteiger partial charge in [-0.2, -0.15) is 0 Å². The third kappa shape index (κ3) is 9.05. The Morgan fingerprint density at radius 2 is 1.67 bits per heavy atom. The molecule has 0 bridgehead atoms. The molecule has 0 aliphatic heterocycles. The Kier molecular flexibility index (Phi) is 10.5. The Morgan fingerprint density at radius 1 is 0.952 bits per heavy atom. The van der Waals surface area contributed by atoms with Gasteiger partial charge in [-0.3, -0.25) is 9.59 Å². The van der Waals surface area contributed by atoms with E-state index in [2.05, 4.69) is 36.6 Å². The lowest BCUT2D eigenvalue weighted by molar-refractivity contribution is -0.121. The molecule has 220 valence electrons. The summed E-state index contributed by atoms with van der Waals surface area (Å²) in [5.41, 5.74) is 5.26. The Hall–Kier alpha value is -4.41. The molecule has 4 aromatic rings. The zero-order chi connectivity index (χ0) is 30.0. The summed E-state index contributed by atoms with van der Waals surface area (Å²) >= 11 is 0. The number of aromatic amines is 1. The molecule has 0 saturated carbocycles. The summed E-state index contributed by atoms with van der Waals surface area (Å²) < 4.78 is 0. The normalized spacial score (nSPS) is 12.1. The fraction of sp³-hybridized carbons (Fsp3) is 0.344. The third-order valence-corrected chi connectivity index (χ3v) is 6.90. The van der Waals surface area contributed by atoms with E-state index in [-0.39, 0.29) is 18.2 Å². The smallest absolute Gasteiger partial charge is 0.226 e. The van der Waals surface area contributed by atoms with Crippen molar-refractivity contribution in [2.75, 3.05) is 11.9 Å². The van der Waals surface area contributed by atoms with Crippen LogP contribution in [0.3, 0.4) is 0 Å². The number of amides is 2. The van der Waals surface area contributed by atoms with Gasteiger partial charge in [0.05, 0.1) is 6.10 Å². The molecule has 2 amide bonds. The van der Waals surface area contributed by atoms with E-state index in [9.17, 15) is 14.7 Å². The molecular weight excluding hydrogens is 530 g/mol. The van der Waals surface area contributed by atoms with Crippen molar-refractivity contribution in [3.05, 3.63) is 83.9 Å². The van der Waals surface area contributed by atoms with Crippen molar-refractivity contribution in [3.8, 4) is 22.5 Å². The topological polar surface area (TPSA) is 145 Å². The quantitative estimate of drug-likeness (QED) is 0.153. The van der Waals surface area contributed by atoms with E-state index in [0.717, 1.165) is 33.5 Å². The molecule has 4 rings (SSSR count). The number of anilines is 1. The fourth-order valence-electron chi connectivity index (χ4n) is 4.69. The first kappa shape index (κ1) is 30.5. The standard InChI is InChI=1S/C32H39N7O3/c1-22(40)20-34-32(2,3)19-30(42)35-28-13-7-4-9-25(28)10-8-14-29(41)33-21-23-15-17-24(18-16-23)26-11-5-6-12-27(26)31-36-38-39-37-31/h4-7,9,11-13,15-18,22,34,40H,8,10,14,19-21H2,1-3H3,(H,33,41)(H,35,42)(H,36,37,38,39)/t22-/m1/s1. The minimum absolute atomic E-state index is 0.0188. The number of carbonyl (C=O) groups is 2. The van der Waals surface area contributed by atoms with E-state index in [4.69, 9.17) is 0 Å². The second kappa shape index (κ2) is 14.5. The van der Waals surface area contributed by atoms with E-state index < -0.39 is 11.6 Å². The van der Waals surface area contributed by atoms with Gasteiger partial charge in [0.15, 0.2) is 5.82 Å². The van der Waals surface area contributed by atoms with Crippen molar-refractivity contribution >= 4 is 17.5 Å². The second-order valence-electron chi connectivity index (χ2n) is 11.1. The Labute approximate surface area is 246 Å². The van der Waals surface area contributed by atoms with Crippen LogP contribution in [-0.2, 0) is 22.6 Å². The number of H-pyrrole nitrogens is 1. The minimum atomic E-state index is -0.483. The fourth-order valence-corrected chi connectivity index (χ4v) is 4.69. The zero-order valence-corrected chi connectivity index (χ0v) is 24.4. The highest BCUT2D eigenvalue weighted by Crippen LogP contribution is 2.29. The molecule has 5 N–H and O–H groups in total. The summed E-state index contributed by atoms with van der Waals surface area (Å²) in [4.78, 5) is 25.3. The van der Waals surface area contributed by atoms with Crippen LogP contribution in [0.15, 0.2) is 72.8 Å². The Morgan fingerprint density at radius 3 is 2.38 bits per heavy atom. The van der Waals surface area contributed by atoms with Crippen LogP contribution in [0.2, 0.25) is 0 Å². The molecule has 0 fully saturated rings. The lowest BCUT2D eigenvalue weighted by Gasteiger charge is -2.26. The number of tetrazole rings is 1. The number of aromatic nitrogens is 4. The number of aryl methyl sites for hydroxylation is 1. The second-order valence-corrected chi connectivity index (χ2v) is 11.1. The Bertz CT molecular complexity index is 1450. The number of hydrogen-bond acceptors (Lipinski definition) is 7. The van der Waals surface area contributed by atoms with Gasteiger partial charge in [0, 0.05) is 42.7 Å². The number of para-hydroxylation sites is 1. The first-order valence-electron chi connectivity index (χ1n) is 14.2. The third-order valence-electron chi connectivity index (χ3n) is 6.90. The molecule has 0 radical (unpaired) electrons. The van der Waals surface area contributed by atoms with Crippen LogP contribution in [0, 0.1) is 0 Å². The summed E-state index contributed by atoms with van der Waals surface area (Å²) in [5.74, 6) is 0.486. The molecule has 42 heavy (non-hydrogen) atoms. The maximum atomic E-state index is 12.7. The van der Waals surface area contributed by atoms with Gasteiger partial charge < -0.3 is 21.1 Å². The van der Waals surface area contributed by atoms with Gasteiger partial charge in [-0.15, -0.1) is 5.10 Å². The van der Waals surface area contributed by atoms with Gasteiger partial charge in [0.1, 0.15) is 0 Å². The van der Waals surface area contributed by atoms with Crippen LogP contribution in [-0.4, -0.2) is 55.7 Å². The maximum Gasteiger partial charge on any atom is 0.226 e. The van der Waals surface area contributed by atoms with Gasteiger partial charge in [0.25, 0.3) is 0 Å². The van der Waals surface area contributed by atoms with E-state index in [0.29, 0.717) is 38.2 Å². The average Bonchev–Trinajstić information content (AvgIpc) is 3.51. The van der Waals surface area contributed by atoms with Crippen molar-refractivity contribution in [3.63, 3.8) is 0 Å². The number of hydrogen-bond donors (Lipinski definition) is 5. The summed E-state index contributed by atoms with van der Waals surface area (Å²) in [6.07, 6.45) is 1.50. The molecule has 0 aliphatic rings. The lowest BCUT2D eigenvalue weighted by Crippen LogP contribution is -2.45. The van der Waals surface area contributed by atoms with Gasteiger partial charge in [-0.25, -0.2) is 5.10 Å². The van der Waals surface area contributed by atoms with Gasteiger partial charge in [0.2, 0.25) is 11.8 Å². The Balaban J connectivity index is 1.24. The molecule has 1 heterocycles. The number of aliphatic hydroxyl groups is 1. The summed E-state index contributed by atoms with van der Waals surface area (Å²) in [5, 5.41) is 33.0. The van der Waals surface area contributed by atoms with E-state index in [1.165, 1.54) is 0 Å².